The normalized spacial score (nSPS) is 11.0. The number of H-pyrrole nitrogens is 1. The molecule has 1 aromatic heterocycles. The molecule has 0 aliphatic heterocycles. The van der Waals surface area contributed by atoms with Gasteiger partial charge in [-0.25, -0.2) is 4.98 Å². The van der Waals surface area contributed by atoms with E-state index in [2.05, 4.69) is 21.4 Å². The molecule has 2 N–H and O–H groups in total. The third kappa shape index (κ3) is 3.00. The fourth-order valence-corrected chi connectivity index (χ4v) is 0.791. The Labute approximate surface area is 66.5 Å². The van der Waals surface area contributed by atoms with E-state index in [-0.39, 0.29) is 0 Å². The van der Waals surface area contributed by atoms with E-state index in [9.17, 15) is 0 Å². The van der Waals surface area contributed by atoms with E-state index in [0.717, 1.165) is 18.8 Å². The van der Waals surface area contributed by atoms with Crippen LogP contribution in [0.15, 0.2) is 18.5 Å². The summed E-state index contributed by atoms with van der Waals surface area (Å²) in [7, 11) is 1.95. The third-order valence-electron chi connectivity index (χ3n) is 1.36. The lowest BCUT2D eigenvalue weighted by molar-refractivity contribution is 0.809. The highest BCUT2D eigenvalue weighted by Gasteiger charge is 1.83. The Morgan fingerprint density at radius 3 is 3.27 bits per heavy atom. The Morgan fingerprint density at radius 2 is 2.64 bits per heavy atom. The van der Waals surface area contributed by atoms with E-state index in [1.165, 1.54) is 0 Å². The van der Waals surface area contributed by atoms with Gasteiger partial charge in [0.1, 0.15) is 5.82 Å². The Balaban J connectivity index is 2.25. The van der Waals surface area contributed by atoms with Gasteiger partial charge in [-0.2, -0.15) is 0 Å². The SMILES string of the molecule is CNCCC=Cc1ncc[nH]1. The Bertz CT molecular complexity index is 201. The highest BCUT2D eigenvalue weighted by atomic mass is 14.9. The van der Waals surface area contributed by atoms with E-state index < -0.39 is 0 Å². The highest BCUT2D eigenvalue weighted by Crippen LogP contribution is 1.92. The first-order valence-electron chi connectivity index (χ1n) is 3.74. The van der Waals surface area contributed by atoms with E-state index in [1.54, 1.807) is 6.20 Å². The molecule has 0 saturated heterocycles. The first-order valence-corrected chi connectivity index (χ1v) is 3.74. The third-order valence-corrected chi connectivity index (χ3v) is 1.36. The molecule has 1 aromatic rings. The molecule has 0 bridgehead atoms. The molecule has 1 heterocycles. The average Bonchev–Trinajstić information content (AvgIpc) is 2.50. The lowest BCUT2D eigenvalue weighted by Gasteiger charge is -1.89. The van der Waals surface area contributed by atoms with Crippen LogP contribution in [0.25, 0.3) is 6.08 Å². The maximum Gasteiger partial charge on any atom is 0.129 e. The van der Waals surface area contributed by atoms with Gasteiger partial charge < -0.3 is 10.3 Å². The van der Waals surface area contributed by atoms with Crippen molar-refractivity contribution in [3.63, 3.8) is 0 Å². The average molecular weight is 151 g/mol. The van der Waals surface area contributed by atoms with E-state index in [4.69, 9.17) is 0 Å². The molecule has 0 unspecified atom stereocenters. The van der Waals surface area contributed by atoms with Crippen molar-refractivity contribution in [2.45, 2.75) is 6.42 Å². The molecule has 0 saturated carbocycles. The molecule has 1 rings (SSSR count). The van der Waals surface area contributed by atoms with Crippen LogP contribution >= 0.6 is 0 Å². The van der Waals surface area contributed by atoms with Crippen molar-refractivity contribution >= 4 is 6.08 Å². The van der Waals surface area contributed by atoms with Gasteiger partial charge in [-0.05, 0) is 26.1 Å². The zero-order chi connectivity index (χ0) is 7.94. The molecule has 0 atom stereocenters. The number of hydrogen-bond donors (Lipinski definition) is 2. The first-order chi connectivity index (χ1) is 5.43. The molecule has 0 aliphatic rings. The van der Waals surface area contributed by atoms with Crippen molar-refractivity contribution in [1.82, 2.24) is 15.3 Å². The largest absolute Gasteiger partial charge is 0.345 e. The Hall–Kier alpha value is -1.09. The molecule has 0 amide bonds. The van der Waals surface area contributed by atoms with Gasteiger partial charge in [0.05, 0.1) is 0 Å². The van der Waals surface area contributed by atoms with Crippen LogP contribution in [0.2, 0.25) is 0 Å². The number of nitrogens with zero attached hydrogens (tertiary/aromatic N) is 1. The van der Waals surface area contributed by atoms with Gasteiger partial charge >= 0.3 is 0 Å². The maximum atomic E-state index is 4.05. The van der Waals surface area contributed by atoms with Gasteiger partial charge in [-0.1, -0.05) is 6.08 Å². The van der Waals surface area contributed by atoms with Crippen molar-refractivity contribution < 1.29 is 0 Å². The van der Waals surface area contributed by atoms with E-state index in [1.807, 2.05) is 19.3 Å². The molecule has 0 aromatic carbocycles. The quantitative estimate of drug-likeness (QED) is 0.631. The molecule has 0 fully saturated rings. The second kappa shape index (κ2) is 4.68. The lowest BCUT2D eigenvalue weighted by Crippen LogP contribution is -2.05. The van der Waals surface area contributed by atoms with Gasteiger partial charge in [-0.3, -0.25) is 0 Å². The molecule has 0 aliphatic carbocycles. The molecular weight excluding hydrogens is 138 g/mol. The number of nitrogens with one attached hydrogen (secondary N) is 2. The Morgan fingerprint density at radius 1 is 1.73 bits per heavy atom. The number of imidazole rings is 1. The minimum atomic E-state index is 0.918. The van der Waals surface area contributed by atoms with Crippen molar-refractivity contribution in [1.29, 1.82) is 0 Å². The van der Waals surface area contributed by atoms with Gasteiger partial charge in [0.2, 0.25) is 0 Å². The van der Waals surface area contributed by atoms with Crippen molar-refractivity contribution in [2.24, 2.45) is 0 Å². The summed E-state index contributed by atoms with van der Waals surface area (Å²) < 4.78 is 0. The van der Waals surface area contributed by atoms with Crippen molar-refractivity contribution in [2.75, 3.05) is 13.6 Å². The summed E-state index contributed by atoms with van der Waals surface area (Å²) in [6.07, 6.45) is 8.68. The van der Waals surface area contributed by atoms with Crippen LogP contribution in [0.5, 0.6) is 0 Å². The Kier molecular flexibility index (Phi) is 3.41. The van der Waals surface area contributed by atoms with Crippen LogP contribution in [-0.2, 0) is 0 Å². The number of rotatable bonds is 4. The minimum Gasteiger partial charge on any atom is -0.345 e. The highest BCUT2D eigenvalue weighted by molar-refractivity contribution is 5.38. The van der Waals surface area contributed by atoms with E-state index >= 15 is 0 Å². The van der Waals surface area contributed by atoms with Crippen LogP contribution in [-0.4, -0.2) is 23.6 Å². The second-order valence-corrected chi connectivity index (χ2v) is 2.27. The summed E-state index contributed by atoms with van der Waals surface area (Å²) in [4.78, 5) is 7.05. The zero-order valence-corrected chi connectivity index (χ0v) is 6.67. The molecule has 0 spiro atoms. The molecule has 11 heavy (non-hydrogen) atoms. The first kappa shape index (κ1) is 8.01. The fourth-order valence-electron chi connectivity index (χ4n) is 0.791. The lowest BCUT2D eigenvalue weighted by atomic mass is 10.3. The summed E-state index contributed by atoms with van der Waals surface area (Å²) >= 11 is 0. The van der Waals surface area contributed by atoms with Gasteiger partial charge in [0, 0.05) is 12.4 Å². The molecule has 3 nitrogen and oxygen atoms in total. The van der Waals surface area contributed by atoms with Crippen LogP contribution in [0.3, 0.4) is 0 Å². The number of aromatic amines is 1. The zero-order valence-electron chi connectivity index (χ0n) is 6.67. The van der Waals surface area contributed by atoms with E-state index in [0.29, 0.717) is 0 Å². The monoisotopic (exact) mass is 151 g/mol. The molecule has 0 radical (unpaired) electrons. The maximum absolute atomic E-state index is 4.05. The van der Waals surface area contributed by atoms with Crippen molar-refractivity contribution in [3.8, 4) is 0 Å². The van der Waals surface area contributed by atoms with Gasteiger partial charge in [0.15, 0.2) is 0 Å². The topological polar surface area (TPSA) is 40.7 Å². The molecular formula is C8H13N3. The summed E-state index contributed by atoms with van der Waals surface area (Å²) in [6.45, 7) is 1.01. The predicted molar refractivity (Wildman–Crippen MR) is 46.2 cm³/mol. The van der Waals surface area contributed by atoms with Crippen molar-refractivity contribution in [3.05, 3.63) is 24.3 Å². The summed E-state index contributed by atoms with van der Waals surface area (Å²) in [5, 5.41) is 3.07. The molecule has 3 heteroatoms. The fraction of sp³-hybridized carbons (Fsp3) is 0.375. The standard InChI is InChI=1S/C8H13N3/c1-9-5-3-2-4-8-10-6-7-11-8/h2,4,6-7,9H,3,5H2,1H3,(H,10,11). The van der Waals surface area contributed by atoms with Crippen LogP contribution < -0.4 is 5.32 Å². The van der Waals surface area contributed by atoms with Gasteiger partial charge in [-0.15, -0.1) is 0 Å². The number of aromatic nitrogens is 2. The summed E-state index contributed by atoms with van der Waals surface area (Å²) in [5.74, 6) is 0.918. The van der Waals surface area contributed by atoms with Gasteiger partial charge in [0.25, 0.3) is 0 Å². The predicted octanol–water partition coefficient (Wildman–Crippen LogP) is 1.03. The second-order valence-electron chi connectivity index (χ2n) is 2.27. The summed E-state index contributed by atoms with van der Waals surface area (Å²) in [6, 6.07) is 0. The smallest absolute Gasteiger partial charge is 0.129 e. The van der Waals surface area contributed by atoms with Crippen LogP contribution in [0.4, 0.5) is 0 Å². The molecule has 60 valence electrons. The van der Waals surface area contributed by atoms with Crippen LogP contribution in [0.1, 0.15) is 12.2 Å². The summed E-state index contributed by atoms with van der Waals surface area (Å²) in [5.41, 5.74) is 0. The minimum absolute atomic E-state index is 0.918. The number of hydrogen-bond acceptors (Lipinski definition) is 2. The van der Waals surface area contributed by atoms with Crippen LogP contribution in [0, 0.1) is 0 Å².